The molecule has 0 aliphatic carbocycles. The Morgan fingerprint density at radius 2 is 2.00 bits per heavy atom. The van der Waals surface area contributed by atoms with Crippen molar-refractivity contribution in [3.63, 3.8) is 0 Å². The summed E-state index contributed by atoms with van der Waals surface area (Å²) in [6.07, 6.45) is -0.253. The normalized spacial score (nSPS) is 11.2. The molecule has 2 aromatic carbocycles. The molecule has 124 valence electrons. The lowest BCUT2D eigenvalue weighted by atomic mass is 10.2. The molecule has 0 saturated carbocycles. The number of rotatable bonds is 7. The molecule has 0 radical (unpaired) electrons. The van der Waals surface area contributed by atoms with Crippen molar-refractivity contribution < 1.29 is 14.4 Å². The maximum atomic E-state index is 11.1. The molecule has 0 aliphatic heterocycles. The highest BCUT2D eigenvalue weighted by Gasteiger charge is 2.16. The number of para-hydroxylation sites is 2. The van der Waals surface area contributed by atoms with Gasteiger partial charge in [0.15, 0.2) is 11.5 Å². The van der Waals surface area contributed by atoms with Crippen LogP contribution in [0, 0.1) is 21.4 Å². The number of ether oxygens (including phenoxy) is 2. The SMILES string of the molecule is COc1ccccc1OC(C)CNc1ccc(C#N)cc1[N+](=O)[O-]. The Morgan fingerprint density at radius 1 is 1.29 bits per heavy atom. The molecule has 0 aromatic heterocycles. The van der Waals surface area contributed by atoms with E-state index in [2.05, 4.69) is 5.32 Å². The summed E-state index contributed by atoms with van der Waals surface area (Å²) in [5, 5.41) is 22.9. The molecule has 7 nitrogen and oxygen atoms in total. The first kappa shape index (κ1) is 17.1. The van der Waals surface area contributed by atoms with Crippen molar-refractivity contribution >= 4 is 11.4 Å². The fourth-order valence-corrected chi connectivity index (χ4v) is 2.13. The molecule has 24 heavy (non-hydrogen) atoms. The topological polar surface area (TPSA) is 97.4 Å². The van der Waals surface area contributed by atoms with Crippen LogP contribution in [-0.4, -0.2) is 24.7 Å². The van der Waals surface area contributed by atoms with Gasteiger partial charge in [0.25, 0.3) is 5.69 Å². The summed E-state index contributed by atoms with van der Waals surface area (Å²) in [5.41, 5.74) is 0.443. The van der Waals surface area contributed by atoms with E-state index in [9.17, 15) is 10.1 Å². The Labute approximate surface area is 139 Å². The zero-order chi connectivity index (χ0) is 17.5. The monoisotopic (exact) mass is 327 g/mol. The summed E-state index contributed by atoms with van der Waals surface area (Å²) in [7, 11) is 1.56. The Hall–Kier alpha value is -3.27. The number of nitrogens with one attached hydrogen (secondary N) is 1. The molecule has 1 unspecified atom stereocenters. The van der Waals surface area contributed by atoms with Crippen LogP contribution in [0.3, 0.4) is 0 Å². The van der Waals surface area contributed by atoms with E-state index in [0.717, 1.165) is 0 Å². The van der Waals surface area contributed by atoms with Crippen LogP contribution in [0.5, 0.6) is 11.5 Å². The van der Waals surface area contributed by atoms with Crippen LogP contribution in [0.1, 0.15) is 12.5 Å². The molecule has 0 fully saturated rings. The third kappa shape index (κ3) is 4.14. The Bertz CT molecular complexity index is 771. The van der Waals surface area contributed by atoms with Gasteiger partial charge in [-0.15, -0.1) is 0 Å². The highest BCUT2D eigenvalue weighted by atomic mass is 16.6. The van der Waals surface area contributed by atoms with Crippen LogP contribution in [0.15, 0.2) is 42.5 Å². The van der Waals surface area contributed by atoms with Crippen LogP contribution in [0.4, 0.5) is 11.4 Å². The zero-order valence-electron chi connectivity index (χ0n) is 13.4. The summed E-state index contributed by atoms with van der Waals surface area (Å²) in [6, 6.07) is 13.4. The van der Waals surface area contributed by atoms with Gasteiger partial charge in [-0.1, -0.05) is 12.1 Å². The first-order valence-electron chi connectivity index (χ1n) is 7.27. The van der Waals surface area contributed by atoms with Crippen LogP contribution in [0.25, 0.3) is 0 Å². The van der Waals surface area contributed by atoms with Crippen molar-refractivity contribution in [1.82, 2.24) is 0 Å². The van der Waals surface area contributed by atoms with Gasteiger partial charge in [0.2, 0.25) is 0 Å². The van der Waals surface area contributed by atoms with Gasteiger partial charge in [-0.2, -0.15) is 5.26 Å². The summed E-state index contributed by atoms with van der Waals surface area (Å²) in [5.74, 6) is 1.22. The summed E-state index contributed by atoms with van der Waals surface area (Å²) in [4.78, 5) is 10.6. The van der Waals surface area contributed by atoms with Gasteiger partial charge >= 0.3 is 0 Å². The highest BCUT2D eigenvalue weighted by molar-refractivity contribution is 5.64. The number of methoxy groups -OCH3 is 1. The average molecular weight is 327 g/mol. The van der Waals surface area contributed by atoms with Crippen molar-refractivity contribution in [2.24, 2.45) is 0 Å². The quantitative estimate of drug-likeness (QED) is 0.618. The minimum absolute atomic E-state index is 0.140. The molecular weight excluding hydrogens is 310 g/mol. The van der Waals surface area contributed by atoms with E-state index in [1.54, 1.807) is 19.2 Å². The number of hydrogen-bond acceptors (Lipinski definition) is 6. The second-order valence-electron chi connectivity index (χ2n) is 5.06. The number of benzene rings is 2. The van der Waals surface area contributed by atoms with E-state index in [4.69, 9.17) is 14.7 Å². The number of anilines is 1. The van der Waals surface area contributed by atoms with Crippen molar-refractivity contribution in [1.29, 1.82) is 5.26 Å². The maximum Gasteiger partial charge on any atom is 0.293 e. The predicted molar refractivity (Wildman–Crippen MR) is 89.4 cm³/mol. The maximum absolute atomic E-state index is 11.1. The zero-order valence-corrected chi connectivity index (χ0v) is 13.4. The van der Waals surface area contributed by atoms with E-state index in [1.165, 1.54) is 18.2 Å². The molecule has 0 bridgehead atoms. The van der Waals surface area contributed by atoms with Crippen LogP contribution < -0.4 is 14.8 Å². The van der Waals surface area contributed by atoms with Crippen LogP contribution in [-0.2, 0) is 0 Å². The molecule has 7 heteroatoms. The van der Waals surface area contributed by atoms with E-state index in [1.807, 2.05) is 25.1 Å². The van der Waals surface area contributed by atoms with E-state index >= 15 is 0 Å². The molecule has 1 N–H and O–H groups in total. The Balaban J connectivity index is 2.05. The molecule has 2 rings (SSSR count). The predicted octanol–water partition coefficient (Wildman–Crippen LogP) is 3.35. The molecule has 0 heterocycles. The van der Waals surface area contributed by atoms with Gasteiger partial charge in [0, 0.05) is 6.07 Å². The van der Waals surface area contributed by atoms with E-state index in [0.29, 0.717) is 23.7 Å². The van der Waals surface area contributed by atoms with Gasteiger partial charge in [0.05, 0.1) is 30.2 Å². The molecular formula is C17H17N3O4. The number of nitro groups is 1. The van der Waals surface area contributed by atoms with E-state index < -0.39 is 4.92 Å². The third-order valence-electron chi connectivity index (χ3n) is 3.30. The summed E-state index contributed by atoms with van der Waals surface area (Å²) >= 11 is 0. The molecule has 0 amide bonds. The van der Waals surface area contributed by atoms with E-state index in [-0.39, 0.29) is 17.4 Å². The van der Waals surface area contributed by atoms with Gasteiger partial charge in [-0.05, 0) is 31.2 Å². The molecule has 0 aliphatic rings. The van der Waals surface area contributed by atoms with Crippen molar-refractivity contribution in [3.05, 3.63) is 58.1 Å². The Morgan fingerprint density at radius 3 is 2.62 bits per heavy atom. The van der Waals surface area contributed by atoms with Gasteiger partial charge < -0.3 is 14.8 Å². The summed E-state index contributed by atoms with van der Waals surface area (Å²) in [6.45, 7) is 2.19. The van der Waals surface area contributed by atoms with Crippen molar-refractivity contribution in [2.45, 2.75) is 13.0 Å². The lowest BCUT2D eigenvalue weighted by molar-refractivity contribution is -0.384. The summed E-state index contributed by atoms with van der Waals surface area (Å²) < 4.78 is 11.0. The molecule has 0 spiro atoms. The third-order valence-corrected chi connectivity index (χ3v) is 3.30. The standard InChI is InChI=1S/C17H17N3O4/c1-12(24-17-6-4-3-5-16(17)23-2)11-19-14-8-7-13(10-18)9-15(14)20(21)22/h3-9,12,19H,11H2,1-2H3. The van der Waals surface area contributed by atoms with Gasteiger partial charge in [-0.3, -0.25) is 10.1 Å². The van der Waals surface area contributed by atoms with Gasteiger partial charge in [0.1, 0.15) is 11.8 Å². The molecule has 0 saturated heterocycles. The number of nitrogens with zero attached hydrogens (tertiary/aromatic N) is 2. The first-order chi connectivity index (χ1) is 11.5. The van der Waals surface area contributed by atoms with Crippen molar-refractivity contribution in [3.8, 4) is 17.6 Å². The number of nitriles is 1. The molecule has 1 atom stereocenters. The average Bonchev–Trinajstić information content (AvgIpc) is 2.60. The number of nitro benzene ring substituents is 1. The Kier molecular flexibility index (Phi) is 5.58. The minimum atomic E-state index is -0.519. The second-order valence-corrected chi connectivity index (χ2v) is 5.06. The highest BCUT2D eigenvalue weighted by Crippen LogP contribution is 2.28. The fourth-order valence-electron chi connectivity index (χ4n) is 2.13. The van der Waals surface area contributed by atoms with Crippen molar-refractivity contribution in [2.75, 3.05) is 19.0 Å². The van der Waals surface area contributed by atoms with Gasteiger partial charge in [-0.25, -0.2) is 0 Å². The smallest absolute Gasteiger partial charge is 0.293 e. The largest absolute Gasteiger partial charge is 0.493 e. The fraction of sp³-hybridized carbons (Fsp3) is 0.235. The first-order valence-corrected chi connectivity index (χ1v) is 7.27. The second kappa shape index (κ2) is 7.83. The molecule has 2 aromatic rings. The number of hydrogen-bond donors (Lipinski definition) is 1. The van der Waals surface area contributed by atoms with Crippen LogP contribution >= 0.6 is 0 Å². The minimum Gasteiger partial charge on any atom is -0.493 e. The lowest BCUT2D eigenvalue weighted by Crippen LogP contribution is -2.23. The lowest BCUT2D eigenvalue weighted by Gasteiger charge is -2.18. The van der Waals surface area contributed by atoms with Crippen LogP contribution in [0.2, 0.25) is 0 Å².